The molecule has 0 radical (unpaired) electrons. The predicted molar refractivity (Wildman–Crippen MR) is 126 cm³/mol. The summed E-state index contributed by atoms with van der Waals surface area (Å²) in [7, 11) is 0. The Hall–Kier alpha value is -3.56. The molecule has 0 bridgehead atoms. The van der Waals surface area contributed by atoms with Gasteiger partial charge in [-0.05, 0) is 35.9 Å². The van der Waals surface area contributed by atoms with E-state index in [0.717, 1.165) is 19.5 Å². The molecule has 174 valence electrons. The monoisotopic (exact) mass is 450 g/mol. The van der Waals surface area contributed by atoms with Crippen molar-refractivity contribution in [1.82, 2.24) is 14.8 Å². The van der Waals surface area contributed by atoms with Crippen LogP contribution in [-0.4, -0.2) is 64.7 Å². The van der Waals surface area contributed by atoms with E-state index in [1.54, 1.807) is 23.2 Å². The first kappa shape index (κ1) is 22.6. The number of hydrogen-bond acceptors (Lipinski definition) is 8. The lowest BCUT2D eigenvalue weighted by Gasteiger charge is -2.32. The number of nitrogens with zero attached hydrogens (tertiary/aromatic N) is 3. The van der Waals surface area contributed by atoms with Crippen LogP contribution in [-0.2, 0) is 13.0 Å². The van der Waals surface area contributed by atoms with Crippen molar-refractivity contribution in [3.05, 3.63) is 77.4 Å². The molecule has 4 rings (SSSR count). The molecule has 1 unspecified atom stereocenters. The summed E-state index contributed by atoms with van der Waals surface area (Å²) in [6, 6.07) is 10.1. The lowest BCUT2D eigenvalue weighted by atomic mass is 10.00. The molecule has 2 aromatic rings. The second-order valence-electron chi connectivity index (χ2n) is 8.19. The Kier molecular flexibility index (Phi) is 7.11. The van der Waals surface area contributed by atoms with Gasteiger partial charge < -0.3 is 31.5 Å². The number of β-amino-alcohol motifs (C(OH)–C–C–N with tert-alkyl or cyclic N) is 1. The van der Waals surface area contributed by atoms with E-state index in [1.165, 1.54) is 23.5 Å². The van der Waals surface area contributed by atoms with E-state index in [-0.39, 0.29) is 18.3 Å². The number of ether oxygens (including phenoxy) is 1. The van der Waals surface area contributed by atoms with Gasteiger partial charge in [0.1, 0.15) is 12.2 Å². The van der Waals surface area contributed by atoms with Gasteiger partial charge in [-0.3, -0.25) is 9.69 Å². The quantitative estimate of drug-likeness (QED) is 0.460. The molecule has 0 aliphatic carbocycles. The minimum absolute atomic E-state index is 0.224. The number of hydrogen-bond donors (Lipinski definition) is 4. The highest BCUT2D eigenvalue weighted by Gasteiger charge is 2.28. The number of carbonyl (C=O) groups is 1. The van der Waals surface area contributed by atoms with Gasteiger partial charge in [-0.2, -0.15) is 0 Å². The molecule has 9 heteroatoms. The molecule has 2 aliphatic heterocycles. The summed E-state index contributed by atoms with van der Waals surface area (Å²) in [4.78, 5) is 21.4. The maximum atomic E-state index is 13.2. The number of amides is 1. The van der Waals surface area contributed by atoms with Crippen LogP contribution in [0.15, 0.2) is 60.7 Å². The smallest absolute Gasteiger partial charge is 0.259 e. The Bertz CT molecular complexity index is 1050. The van der Waals surface area contributed by atoms with E-state index >= 15 is 0 Å². The van der Waals surface area contributed by atoms with Crippen LogP contribution in [0.3, 0.4) is 0 Å². The zero-order valence-corrected chi connectivity index (χ0v) is 18.5. The normalized spacial score (nSPS) is 17.8. The highest BCUT2D eigenvalue weighted by atomic mass is 16.5. The molecule has 1 aromatic carbocycles. The van der Waals surface area contributed by atoms with Gasteiger partial charge in [0, 0.05) is 32.4 Å². The van der Waals surface area contributed by atoms with Crippen molar-refractivity contribution in [3.8, 4) is 5.88 Å². The lowest BCUT2D eigenvalue weighted by molar-refractivity contribution is 0.0501. The number of benzene rings is 1. The number of fused-ring (bicyclic) bond motifs is 2. The van der Waals surface area contributed by atoms with Crippen LogP contribution in [0.1, 0.15) is 21.5 Å². The summed E-state index contributed by atoms with van der Waals surface area (Å²) in [5.74, 6) is 0.0529. The zero-order valence-electron chi connectivity index (χ0n) is 18.5. The Balaban J connectivity index is 1.41. The van der Waals surface area contributed by atoms with Gasteiger partial charge in [0.15, 0.2) is 0 Å². The van der Waals surface area contributed by atoms with Gasteiger partial charge in [0.05, 0.1) is 30.2 Å². The number of rotatable bonds is 7. The number of pyridine rings is 1. The van der Waals surface area contributed by atoms with E-state index < -0.39 is 6.10 Å². The van der Waals surface area contributed by atoms with Crippen molar-refractivity contribution in [2.45, 2.75) is 19.1 Å². The highest BCUT2D eigenvalue weighted by molar-refractivity contribution is 5.97. The van der Waals surface area contributed by atoms with Gasteiger partial charge in [0.2, 0.25) is 5.88 Å². The summed E-state index contributed by atoms with van der Waals surface area (Å²) < 4.78 is 5.69. The Morgan fingerprint density at radius 1 is 1.24 bits per heavy atom. The highest BCUT2D eigenvalue weighted by Crippen LogP contribution is 2.25. The van der Waals surface area contributed by atoms with Gasteiger partial charge in [-0.1, -0.05) is 24.3 Å². The topological polar surface area (TPSA) is 130 Å². The molecule has 1 aromatic heterocycles. The molecule has 0 spiro atoms. The fourth-order valence-corrected chi connectivity index (χ4v) is 4.22. The summed E-state index contributed by atoms with van der Waals surface area (Å²) in [5, 5.41) is 13.8. The van der Waals surface area contributed by atoms with Gasteiger partial charge in [-0.25, -0.2) is 4.98 Å². The zero-order chi connectivity index (χ0) is 23.2. The number of aromatic nitrogens is 1. The van der Waals surface area contributed by atoms with Crippen molar-refractivity contribution >= 4 is 11.6 Å². The average Bonchev–Trinajstić information content (AvgIpc) is 2.97. The lowest BCUT2D eigenvalue weighted by Crippen LogP contribution is -2.44. The molecule has 33 heavy (non-hydrogen) atoms. The van der Waals surface area contributed by atoms with Crippen LogP contribution in [0, 0.1) is 0 Å². The summed E-state index contributed by atoms with van der Waals surface area (Å²) in [6.45, 7) is 3.11. The van der Waals surface area contributed by atoms with E-state index in [0.29, 0.717) is 36.6 Å². The van der Waals surface area contributed by atoms with Crippen molar-refractivity contribution in [1.29, 1.82) is 0 Å². The predicted octanol–water partition coefficient (Wildman–Crippen LogP) is 1.02. The number of nitrogens with two attached hydrogens (primary N) is 2. The number of aliphatic hydroxyl groups is 1. The Morgan fingerprint density at radius 3 is 2.85 bits per heavy atom. The number of allylic oxidation sites excluding steroid dienone is 1. The third-order valence-electron chi connectivity index (χ3n) is 5.82. The van der Waals surface area contributed by atoms with Crippen molar-refractivity contribution in [2.75, 3.05) is 38.1 Å². The summed E-state index contributed by atoms with van der Waals surface area (Å²) in [5.41, 5.74) is 15.2. The van der Waals surface area contributed by atoms with E-state index in [2.05, 4.69) is 33.4 Å². The largest absolute Gasteiger partial charge is 0.475 e. The van der Waals surface area contributed by atoms with Crippen molar-refractivity contribution in [2.24, 2.45) is 11.5 Å². The van der Waals surface area contributed by atoms with Crippen molar-refractivity contribution < 1.29 is 14.6 Å². The molecule has 0 saturated carbocycles. The number of carbonyl (C=O) groups excluding carboxylic acids is 1. The third kappa shape index (κ3) is 5.44. The van der Waals surface area contributed by atoms with Gasteiger partial charge >= 0.3 is 0 Å². The summed E-state index contributed by atoms with van der Waals surface area (Å²) >= 11 is 0. The van der Waals surface area contributed by atoms with Crippen LogP contribution in [0.2, 0.25) is 0 Å². The first-order valence-corrected chi connectivity index (χ1v) is 11.0. The Labute approximate surface area is 193 Å². The number of nitrogens with one attached hydrogen (secondary N) is 1. The second-order valence-corrected chi connectivity index (χ2v) is 8.19. The first-order valence-electron chi connectivity index (χ1n) is 11.0. The molecule has 1 amide bonds. The number of aliphatic hydroxyl groups excluding tert-OH is 1. The van der Waals surface area contributed by atoms with Crippen molar-refractivity contribution in [3.63, 3.8) is 0 Å². The summed E-state index contributed by atoms with van der Waals surface area (Å²) in [6.07, 6.45) is 6.20. The van der Waals surface area contributed by atoms with Crippen LogP contribution in [0.5, 0.6) is 5.88 Å². The molecular formula is C24H30N6O3. The molecule has 0 saturated heterocycles. The molecule has 1 atom stereocenters. The maximum absolute atomic E-state index is 13.2. The standard InChI is InChI=1S/C24H30N6O3/c25-7-5-19(12-26)28-20-11-22-23(27-13-20)33-10-9-30(24(22)32)16-21(31)15-29-8-6-17-3-1-2-4-18(17)14-29/h1-5,7,11-13,21,28,31H,6,8-10,14-16,25-26H2/b7-5-,19-12+. The van der Waals surface area contributed by atoms with Crippen LogP contribution >= 0.6 is 0 Å². The molecule has 6 N–H and O–H groups in total. The fraction of sp³-hybridized carbons (Fsp3) is 0.333. The minimum atomic E-state index is -0.670. The Morgan fingerprint density at radius 2 is 2.06 bits per heavy atom. The van der Waals surface area contributed by atoms with Gasteiger partial charge in [0.25, 0.3) is 5.91 Å². The van der Waals surface area contributed by atoms with E-state index in [9.17, 15) is 9.90 Å². The first-order chi connectivity index (χ1) is 16.1. The minimum Gasteiger partial charge on any atom is -0.475 e. The number of anilines is 1. The second kappa shape index (κ2) is 10.4. The van der Waals surface area contributed by atoms with Gasteiger partial charge in [-0.15, -0.1) is 0 Å². The van der Waals surface area contributed by atoms with Crippen LogP contribution in [0.25, 0.3) is 0 Å². The van der Waals surface area contributed by atoms with E-state index in [4.69, 9.17) is 16.2 Å². The molecule has 9 nitrogen and oxygen atoms in total. The van der Waals surface area contributed by atoms with E-state index in [1.807, 2.05) is 6.07 Å². The molecule has 3 heterocycles. The fourth-order valence-electron chi connectivity index (χ4n) is 4.22. The average molecular weight is 451 g/mol. The van der Waals surface area contributed by atoms with Crippen LogP contribution in [0.4, 0.5) is 5.69 Å². The molecular weight excluding hydrogens is 420 g/mol. The SMILES string of the molecule is N/C=C\C(=C/N)Nc1cnc2c(c1)C(=O)N(CC(O)CN1CCc3ccccc3C1)CCO2. The maximum Gasteiger partial charge on any atom is 0.259 e. The molecule has 0 fully saturated rings. The molecule has 2 aliphatic rings. The third-order valence-corrected chi connectivity index (χ3v) is 5.82. The van der Waals surface area contributed by atoms with Crippen LogP contribution < -0.4 is 21.5 Å².